The molecule has 0 bridgehead atoms. The van der Waals surface area contributed by atoms with Crippen LogP contribution < -0.4 is 10.6 Å². The molecule has 0 radical (unpaired) electrons. The van der Waals surface area contributed by atoms with Crippen molar-refractivity contribution in [2.75, 3.05) is 25.0 Å². The maximum atomic E-state index is 13.5. The number of alkyl halides is 6. The molecule has 45 heavy (non-hydrogen) atoms. The van der Waals surface area contributed by atoms with E-state index in [4.69, 9.17) is 0 Å². The molecule has 240 valence electrons. The fraction of sp³-hybridized carbons (Fsp3) is 0.406. The van der Waals surface area contributed by atoms with Crippen LogP contribution in [0.15, 0.2) is 53.9 Å². The minimum absolute atomic E-state index is 0.0522. The quantitative estimate of drug-likeness (QED) is 0.252. The summed E-state index contributed by atoms with van der Waals surface area (Å²) in [5, 5.41) is 7.00. The summed E-state index contributed by atoms with van der Waals surface area (Å²) in [4.78, 5) is 31.7. The maximum Gasteiger partial charge on any atom is 0.416 e. The van der Waals surface area contributed by atoms with Crippen molar-refractivity contribution >= 4 is 34.4 Å². The van der Waals surface area contributed by atoms with Crippen LogP contribution in [0.5, 0.6) is 0 Å². The first-order chi connectivity index (χ1) is 21.2. The number of likely N-dealkylation sites (tertiary alicyclic amines) is 1. The predicted octanol–water partition coefficient (Wildman–Crippen LogP) is 7.24. The van der Waals surface area contributed by atoms with Gasteiger partial charge in [0.25, 0.3) is 0 Å². The molecule has 3 aromatic rings. The number of nitrogens with one attached hydrogen (secondary N) is 2. The number of allylic oxidation sites excluding steroid dienone is 1. The zero-order chi connectivity index (χ0) is 32.6. The van der Waals surface area contributed by atoms with Crippen molar-refractivity contribution in [1.29, 1.82) is 0 Å². The Kier molecular flexibility index (Phi) is 9.14. The van der Waals surface area contributed by atoms with Crippen LogP contribution in [0.1, 0.15) is 66.1 Å². The van der Waals surface area contributed by atoms with Gasteiger partial charge in [0, 0.05) is 30.8 Å². The highest BCUT2D eigenvalue weighted by Crippen LogP contribution is 2.47. The number of benzene rings is 2. The lowest BCUT2D eigenvalue weighted by Crippen LogP contribution is -2.48. The number of nitrogens with zero attached hydrogens (tertiary/aromatic N) is 2. The molecule has 1 saturated heterocycles. The lowest BCUT2D eigenvalue weighted by molar-refractivity contribution is -0.143. The molecule has 0 unspecified atom stereocenters. The number of rotatable bonds is 8. The normalized spacial score (nSPS) is 20.7. The molecule has 13 heteroatoms. The zero-order valence-corrected chi connectivity index (χ0v) is 25.4. The predicted molar refractivity (Wildman–Crippen MR) is 159 cm³/mol. The first-order valence-electron chi connectivity index (χ1n) is 14.5. The summed E-state index contributed by atoms with van der Waals surface area (Å²) < 4.78 is 80.1. The Labute approximate surface area is 260 Å². The van der Waals surface area contributed by atoms with E-state index < -0.39 is 41.8 Å². The van der Waals surface area contributed by atoms with Crippen molar-refractivity contribution in [2.45, 2.75) is 56.9 Å². The van der Waals surface area contributed by atoms with Crippen molar-refractivity contribution in [3.05, 3.63) is 87.4 Å². The molecule has 5 rings (SSSR count). The topological polar surface area (TPSA) is 74.3 Å². The highest BCUT2D eigenvalue weighted by Gasteiger charge is 2.43. The van der Waals surface area contributed by atoms with Gasteiger partial charge < -0.3 is 15.5 Å². The Balaban J connectivity index is 1.31. The number of hydrogen-bond donors (Lipinski definition) is 2. The molecule has 3 atom stereocenters. The van der Waals surface area contributed by atoms with Crippen LogP contribution in [0.25, 0.3) is 6.08 Å². The van der Waals surface area contributed by atoms with Crippen LogP contribution in [0.3, 0.4) is 0 Å². The molecule has 0 saturated carbocycles. The fourth-order valence-electron chi connectivity index (χ4n) is 6.29. The van der Waals surface area contributed by atoms with Gasteiger partial charge in [-0.15, -0.1) is 11.3 Å². The largest absolute Gasteiger partial charge is 0.416 e. The van der Waals surface area contributed by atoms with Crippen LogP contribution in [0.2, 0.25) is 0 Å². The van der Waals surface area contributed by atoms with Crippen molar-refractivity contribution in [3.8, 4) is 0 Å². The molecule has 2 heterocycles. The van der Waals surface area contributed by atoms with E-state index in [2.05, 4.69) is 51.7 Å². The molecule has 1 fully saturated rings. The van der Waals surface area contributed by atoms with E-state index in [1.807, 2.05) is 12.1 Å². The number of halogens is 6. The van der Waals surface area contributed by atoms with Gasteiger partial charge in [0.15, 0.2) is 5.13 Å². The monoisotopic (exact) mass is 650 g/mol. The molecule has 2 N–H and O–H groups in total. The first-order valence-corrected chi connectivity index (χ1v) is 15.3. The van der Waals surface area contributed by atoms with Crippen LogP contribution >= 0.6 is 11.3 Å². The number of hydrogen-bond acceptors (Lipinski definition) is 5. The van der Waals surface area contributed by atoms with Crippen LogP contribution in [-0.2, 0) is 33.9 Å². The summed E-state index contributed by atoms with van der Waals surface area (Å²) in [7, 11) is 0. The van der Waals surface area contributed by atoms with Gasteiger partial charge in [-0.2, -0.15) is 26.3 Å². The summed E-state index contributed by atoms with van der Waals surface area (Å²) in [5.41, 5.74) is -0.408. The van der Waals surface area contributed by atoms with Gasteiger partial charge in [-0.1, -0.05) is 43.3 Å². The van der Waals surface area contributed by atoms with Crippen LogP contribution in [0.4, 0.5) is 31.5 Å². The lowest BCUT2D eigenvalue weighted by Gasteiger charge is -2.44. The Morgan fingerprint density at radius 2 is 1.78 bits per heavy atom. The van der Waals surface area contributed by atoms with Gasteiger partial charge in [0.2, 0.25) is 11.8 Å². The molecule has 2 aliphatic rings. The zero-order valence-electron chi connectivity index (χ0n) is 24.6. The van der Waals surface area contributed by atoms with E-state index in [1.165, 1.54) is 18.1 Å². The standard InChI is InChI=1S/C32H32F6N4O2S/c1-19-17-42(12-10-30(19)9-7-22-5-3-4-6-26(22)30)11-8-25(27-18-45-29(41-27)40-20(2)43)28(44)39-16-21-13-23(31(33,34)35)15-24(14-21)32(36,37)38/h3-7,9,13-15,18-19,25H,8,10-12,16-17H2,1-2H3,(H,39,44)(H,40,41,43)/t19-,25+,30-/m0/s1. The number of fused-ring (bicyclic) bond motifs is 2. The lowest BCUT2D eigenvalue weighted by atomic mass is 9.68. The average molecular weight is 651 g/mol. The summed E-state index contributed by atoms with van der Waals surface area (Å²) in [6.45, 7) is 5.03. The van der Waals surface area contributed by atoms with Gasteiger partial charge in [0.05, 0.1) is 22.7 Å². The number of anilines is 1. The molecule has 2 amide bonds. The van der Waals surface area contributed by atoms with E-state index in [-0.39, 0.29) is 34.0 Å². The highest BCUT2D eigenvalue weighted by molar-refractivity contribution is 7.14. The maximum absolute atomic E-state index is 13.5. The van der Waals surface area contributed by atoms with E-state index in [1.54, 1.807) is 5.38 Å². The molecular formula is C32H32F6N4O2S. The number of piperidine rings is 1. The minimum atomic E-state index is -5.00. The van der Waals surface area contributed by atoms with E-state index in [9.17, 15) is 35.9 Å². The van der Waals surface area contributed by atoms with Gasteiger partial charge >= 0.3 is 12.4 Å². The average Bonchev–Trinajstić information content (AvgIpc) is 3.58. The number of carbonyl (C=O) groups is 2. The van der Waals surface area contributed by atoms with Gasteiger partial charge in [-0.25, -0.2) is 4.98 Å². The molecular weight excluding hydrogens is 618 g/mol. The third kappa shape index (κ3) is 7.25. The number of aromatic nitrogens is 1. The summed E-state index contributed by atoms with van der Waals surface area (Å²) in [5.74, 6) is -1.50. The van der Waals surface area contributed by atoms with Crippen LogP contribution in [0, 0.1) is 5.92 Å². The highest BCUT2D eigenvalue weighted by atomic mass is 32.1. The third-order valence-corrected chi connectivity index (χ3v) is 9.38. The molecule has 1 aliphatic heterocycles. The molecule has 6 nitrogen and oxygen atoms in total. The summed E-state index contributed by atoms with van der Waals surface area (Å²) in [6, 6.07) is 9.59. The van der Waals surface area contributed by atoms with Crippen molar-refractivity contribution < 1.29 is 35.9 Å². The van der Waals surface area contributed by atoms with E-state index in [0.717, 1.165) is 30.8 Å². The summed E-state index contributed by atoms with van der Waals surface area (Å²) in [6.07, 6.45) is -4.35. The van der Waals surface area contributed by atoms with E-state index >= 15 is 0 Å². The van der Waals surface area contributed by atoms with Gasteiger partial charge in [0.1, 0.15) is 0 Å². The van der Waals surface area contributed by atoms with Gasteiger partial charge in [-0.3, -0.25) is 9.59 Å². The Hall–Kier alpha value is -3.71. The van der Waals surface area contributed by atoms with E-state index in [0.29, 0.717) is 30.8 Å². The van der Waals surface area contributed by atoms with Crippen LogP contribution in [-0.4, -0.2) is 41.3 Å². The van der Waals surface area contributed by atoms with Crippen molar-refractivity contribution in [1.82, 2.24) is 15.2 Å². The fourth-order valence-corrected chi connectivity index (χ4v) is 7.10. The molecule has 2 aromatic carbocycles. The van der Waals surface area contributed by atoms with Gasteiger partial charge in [-0.05, 0) is 66.7 Å². The van der Waals surface area contributed by atoms with Crippen molar-refractivity contribution in [2.24, 2.45) is 5.92 Å². The SMILES string of the molecule is CC(=O)Nc1nc([C@@H](CCN2CC[C@@]3(C=Cc4ccccc43)[C@@H](C)C2)C(=O)NCc2cc(C(F)(F)F)cc(C(F)(F)F)c2)cs1. The second-order valence-corrected chi connectivity index (χ2v) is 12.5. The number of carbonyl (C=O) groups excluding carboxylic acids is 2. The Bertz CT molecular complexity index is 1570. The first kappa shape index (κ1) is 32.7. The summed E-state index contributed by atoms with van der Waals surface area (Å²) >= 11 is 1.12. The Morgan fingerprint density at radius 3 is 2.42 bits per heavy atom. The molecule has 1 aliphatic carbocycles. The number of amides is 2. The third-order valence-electron chi connectivity index (χ3n) is 8.60. The smallest absolute Gasteiger partial charge is 0.351 e. The minimum Gasteiger partial charge on any atom is -0.351 e. The molecule has 1 aromatic heterocycles. The second kappa shape index (κ2) is 12.6. The van der Waals surface area contributed by atoms with Crippen molar-refractivity contribution in [3.63, 3.8) is 0 Å². The number of thiazole rings is 1. The Morgan fingerprint density at radius 1 is 1.09 bits per heavy atom. The second-order valence-electron chi connectivity index (χ2n) is 11.6. The molecule has 1 spiro atoms.